The molecule has 2 aliphatic rings. The first-order valence-electron chi connectivity index (χ1n) is 7.75. The van der Waals surface area contributed by atoms with Crippen LogP contribution in [-0.4, -0.2) is 39.8 Å². The van der Waals surface area contributed by atoms with Gasteiger partial charge in [0.15, 0.2) is 0 Å². The summed E-state index contributed by atoms with van der Waals surface area (Å²) in [6, 6.07) is 5.29. The topological polar surface area (TPSA) is 84.4 Å². The molecule has 4 rings (SSSR count). The maximum Gasteiger partial charge on any atom is 0.335 e. The third kappa shape index (κ3) is 2.06. The third-order valence-electron chi connectivity index (χ3n) is 5.03. The Balaban J connectivity index is 1.69. The summed E-state index contributed by atoms with van der Waals surface area (Å²) in [5.74, 6) is 1.31. The molecule has 1 aromatic carbocycles. The van der Waals surface area contributed by atoms with Gasteiger partial charge in [-0.1, -0.05) is 0 Å². The van der Waals surface area contributed by atoms with Crippen molar-refractivity contribution in [1.82, 2.24) is 9.55 Å². The van der Waals surface area contributed by atoms with Gasteiger partial charge in [0, 0.05) is 26.2 Å². The van der Waals surface area contributed by atoms with Crippen molar-refractivity contribution >= 4 is 23.0 Å². The normalized spacial score (nSPS) is 25.1. The first-order valence-corrected chi connectivity index (χ1v) is 7.75. The molecule has 6 heteroatoms. The lowest BCUT2D eigenvalue weighted by Crippen LogP contribution is -2.30. The quantitative estimate of drug-likeness (QED) is 0.896. The van der Waals surface area contributed by atoms with E-state index in [0.29, 0.717) is 5.92 Å². The van der Waals surface area contributed by atoms with Crippen LogP contribution in [0.25, 0.3) is 11.0 Å². The summed E-state index contributed by atoms with van der Waals surface area (Å²) >= 11 is 0. The van der Waals surface area contributed by atoms with Gasteiger partial charge in [-0.15, -0.1) is 0 Å². The molecule has 0 bridgehead atoms. The predicted molar refractivity (Wildman–Crippen MR) is 84.1 cm³/mol. The van der Waals surface area contributed by atoms with E-state index in [4.69, 9.17) is 10.8 Å². The molecule has 1 aliphatic heterocycles. The van der Waals surface area contributed by atoms with Gasteiger partial charge in [0.25, 0.3) is 0 Å². The molecule has 22 heavy (non-hydrogen) atoms. The van der Waals surface area contributed by atoms with Gasteiger partial charge < -0.3 is 20.3 Å². The van der Waals surface area contributed by atoms with E-state index in [0.717, 1.165) is 36.0 Å². The van der Waals surface area contributed by atoms with Crippen molar-refractivity contribution in [2.45, 2.75) is 18.9 Å². The Kier molecular flexibility index (Phi) is 2.91. The van der Waals surface area contributed by atoms with Gasteiger partial charge in [-0.2, -0.15) is 0 Å². The number of hydrogen-bond acceptors (Lipinski definition) is 4. The molecule has 0 spiro atoms. The zero-order valence-electron chi connectivity index (χ0n) is 12.6. The fourth-order valence-electron chi connectivity index (χ4n) is 3.64. The number of imidazole rings is 1. The second kappa shape index (κ2) is 4.71. The van der Waals surface area contributed by atoms with Crippen LogP contribution < -0.4 is 10.6 Å². The Bertz CT molecular complexity index is 750. The lowest BCUT2D eigenvalue weighted by atomic mass is 9.99. The van der Waals surface area contributed by atoms with Crippen LogP contribution >= 0.6 is 0 Å². The molecule has 0 radical (unpaired) electrons. The van der Waals surface area contributed by atoms with Crippen LogP contribution in [0.3, 0.4) is 0 Å². The maximum atomic E-state index is 11.1. The number of rotatable bonds is 3. The molecule has 1 aromatic heterocycles. The minimum atomic E-state index is -0.925. The van der Waals surface area contributed by atoms with Gasteiger partial charge in [-0.05, 0) is 42.9 Å². The van der Waals surface area contributed by atoms with Crippen molar-refractivity contribution in [3.8, 4) is 0 Å². The number of carboxylic acid groups (broad SMARTS) is 1. The zero-order valence-corrected chi connectivity index (χ0v) is 12.6. The molecule has 6 nitrogen and oxygen atoms in total. The maximum absolute atomic E-state index is 11.1. The summed E-state index contributed by atoms with van der Waals surface area (Å²) in [6.07, 6.45) is 2.60. The molecule has 3 N–H and O–H groups in total. The number of anilines is 1. The third-order valence-corrected chi connectivity index (χ3v) is 5.03. The smallest absolute Gasteiger partial charge is 0.335 e. The lowest BCUT2D eigenvalue weighted by Gasteiger charge is -2.17. The molecule has 1 saturated carbocycles. The number of nitrogens with zero attached hydrogens (tertiary/aromatic N) is 3. The minimum Gasteiger partial charge on any atom is -0.478 e. The standard InChI is InChI=1S/C16H20N4O2/c1-19-14-5-4-10(15(21)22)6-13(14)18-16(19)20-7-11(9-2-3-9)12(17)8-20/h4-6,9,11-12H,2-3,7-8,17H2,1H3,(H,21,22)/t11-,12+/m1/s1. The van der Waals surface area contributed by atoms with Crippen LogP contribution in [0.2, 0.25) is 0 Å². The average molecular weight is 300 g/mol. The highest BCUT2D eigenvalue weighted by molar-refractivity contribution is 5.93. The number of nitrogens with two attached hydrogens (primary N) is 1. The number of benzene rings is 1. The SMILES string of the molecule is Cn1c(N2C[C@H](C3CC3)[C@@H](N)C2)nc2cc(C(=O)O)ccc21. The summed E-state index contributed by atoms with van der Waals surface area (Å²) in [5, 5.41) is 9.11. The second-order valence-electron chi connectivity index (χ2n) is 6.55. The van der Waals surface area contributed by atoms with E-state index in [-0.39, 0.29) is 11.6 Å². The number of aromatic carboxylic acids is 1. The predicted octanol–water partition coefficient (Wildman–Crippen LogP) is 1.45. The first kappa shape index (κ1) is 13.6. The molecule has 116 valence electrons. The Morgan fingerprint density at radius 3 is 2.82 bits per heavy atom. The van der Waals surface area contributed by atoms with Crippen molar-refractivity contribution in [2.24, 2.45) is 24.6 Å². The van der Waals surface area contributed by atoms with Crippen molar-refractivity contribution in [2.75, 3.05) is 18.0 Å². The molecule has 0 amide bonds. The minimum absolute atomic E-state index is 0.210. The van der Waals surface area contributed by atoms with Gasteiger partial charge in [-0.3, -0.25) is 0 Å². The van der Waals surface area contributed by atoms with E-state index >= 15 is 0 Å². The summed E-state index contributed by atoms with van der Waals surface area (Å²) in [4.78, 5) is 18.0. The summed E-state index contributed by atoms with van der Waals surface area (Å²) in [7, 11) is 1.97. The molecule has 1 aliphatic carbocycles. The summed E-state index contributed by atoms with van der Waals surface area (Å²) in [6.45, 7) is 1.78. The van der Waals surface area contributed by atoms with E-state index in [2.05, 4.69) is 9.88 Å². The highest BCUT2D eigenvalue weighted by atomic mass is 16.4. The number of aryl methyl sites for hydroxylation is 1. The Hall–Kier alpha value is -2.08. The van der Waals surface area contributed by atoms with Crippen LogP contribution in [0.4, 0.5) is 5.95 Å². The number of carboxylic acids is 1. The van der Waals surface area contributed by atoms with Gasteiger partial charge in [0.05, 0.1) is 16.6 Å². The highest BCUT2D eigenvalue weighted by Gasteiger charge is 2.41. The lowest BCUT2D eigenvalue weighted by molar-refractivity contribution is 0.0697. The van der Waals surface area contributed by atoms with Crippen molar-refractivity contribution in [3.63, 3.8) is 0 Å². The molecule has 2 aromatic rings. The molecule has 2 atom stereocenters. The largest absolute Gasteiger partial charge is 0.478 e. The van der Waals surface area contributed by atoms with Crippen LogP contribution in [-0.2, 0) is 7.05 Å². The van der Waals surface area contributed by atoms with E-state index in [1.807, 2.05) is 17.7 Å². The van der Waals surface area contributed by atoms with E-state index in [1.165, 1.54) is 12.8 Å². The Morgan fingerprint density at radius 2 is 2.14 bits per heavy atom. The Labute approximate surface area is 128 Å². The first-order chi connectivity index (χ1) is 10.5. The van der Waals surface area contributed by atoms with Crippen LogP contribution in [0.5, 0.6) is 0 Å². The molecule has 2 heterocycles. The molecule has 1 saturated heterocycles. The number of carbonyl (C=O) groups is 1. The molecule has 2 fully saturated rings. The van der Waals surface area contributed by atoms with E-state index < -0.39 is 5.97 Å². The van der Waals surface area contributed by atoms with Crippen LogP contribution in [0.15, 0.2) is 18.2 Å². The fraction of sp³-hybridized carbons (Fsp3) is 0.500. The van der Waals surface area contributed by atoms with Gasteiger partial charge in [0.1, 0.15) is 0 Å². The monoisotopic (exact) mass is 300 g/mol. The number of aromatic nitrogens is 2. The van der Waals surface area contributed by atoms with Crippen molar-refractivity contribution in [1.29, 1.82) is 0 Å². The molecule has 0 unspecified atom stereocenters. The Morgan fingerprint density at radius 1 is 1.36 bits per heavy atom. The number of hydrogen-bond donors (Lipinski definition) is 2. The van der Waals surface area contributed by atoms with Gasteiger partial charge >= 0.3 is 5.97 Å². The summed E-state index contributed by atoms with van der Waals surface area (Å²) < 4.78 is 2.03. The van der Waals surface area contributed by atoms with Crippen molar-refractivity contribution in [3.05, 3.63) is 23.8 Å². The fourth-order valence-corrected chi connectivity index (χ4v) is 3.64. The average Bonchev–Trinajstić information content (AvgIpc) is 3.18. The molecular weight excluding hydrogens is 280 g/mol. The molecular formula is C16H20N4O2. The summed E-state index contributed by atoms with van der Waals surface area (Å²) in [5.41, 5.74) is 8.24. The highest BCUT2D eigenvalue weighted by Crippen LogP contribution is 2.41. The van der Waals surface area contributed by atoms with Gasteiger partial charge in [0.2, 0.25) is 5.95 Å². The van der Waals surface area contributed by atoms with Crippen molar-refractivity contribution < 1.29 is 9.90 Å². The van der Waals surface area contributed by atoms with E-state index in [9.17, 15) is 4.79 Å². The van der Waals surface area contributed by atoms with Gasteiger partial charge in [-0.25, -0.2) is 9.78 Å². The number of fused-ring (bicyclic) bond motifs is 1. The second-order valence-corrected chi connectivity index (χ2v) is 6.55. The van der Waals surface area contributed by atoms with Crippen LogP contribution in [0, 0.1) is 11.8 Å². The van der Waals surface area contributed by atoms with Crippen LogP contribution in [0.1, 0.15) is 23.2 Å². The zero-order chi connectivity index (χ0) is 15.4. The van der Waals surface area contributed by atoms with E-state index in [1.54, 1.807) is 12.1 Å².